The van der Waals surface area contributed by atoms with Gasteiger partial charge in [-0.15, -0.1) is 0 Å². The van der Waals surface area contributed by atoms with Crippen LogP contribution in [0.25, 0.3) is 11.0 Å². The molecule has 0 spiro atoms. The molecule has 1 heterocycles. The molecule has 0 bridgehead atoms. The monoisotopic (exact) mass is 277 g/mol. The number of nitrogens with one attached hydrogen (secondary N) is 1. The first-order chi connectivity index (χ1) is 9.11. The highest BCUT2D eigenvalue weighted by atomic mass is 32.2. The molecule has 0 saturated carbocycles. The topological polar surface area (TPSA) is 54.7 Å². The summed E-state index contributed by atoms with van der Waals surface area (Å²) in [5.74, 6) is 1.11. The van der Waals surface area contributed by atoms with Crippen LogP contribution in [0.4, 0.5) is 0 Å². The van der Waals surface area contributed by atoms with Crippen molar-refractivity contribution in [2.24, 2.45) is 11.1 Å². The van der Waals surface area contributed by atoms with E-state index in [1.54, 1.807) is 11.8 Å². The third-order valence-corrected chi connectivity index (χ3v) is 4.37. The second-order valence-electron chi connectivity index (χ2n) is 5.73. The Kier molecular flexibility index (Phi) is 4.88. The lowest BCUT2D eigenvalue weighted by molar-refractivity contribution is 0.336. The Labute approximate surface area is 119 Å². The minimum Gasteiger partial charge on any atom is -0.333 e. The maximum absolute atomic E-state index is 5.73. The predicted octanol–water partition coefficient (Wildman–Crippen LogP) is 3.81. The molecule has 4 heteroatoms. The van der Waals surface area contributed by atoms with E-state index >= 15 is 0 Å². The zero-order valence-electron chi connectivity index (χ0n) is 11.8. The van der Waals surface area contributed by atoms with Crippen LogP contribution in [0.15, 0.2) is 29.4 Å². The SMILES string of the molecule is CC(C)(CN)CCCCSc1nc2ccccc2[nH]1. The van der Waals surface area contributed by atoms with Gasteiger partial charge >= 0.3 is 0 Å². The summed E-state index contributed by atoms with van der Waals surface area (Å²) in [6, 6.07) is 8.16. The van der Waals surface area contributed by atoms with E-state index in [4.69, 9.17) is 5.73 Å². The molecule has 0 amide bonds. The number of rotatable bonds is 7. The number of aromatic nitrogens is 2. The molecule has 19 heavy (non-hydrogen) atoms. The molecule has 0 aliphatic rings. The molecule has 3 N–H and O–H groups in total. The Morgan fingerprint density at radius 1 is 1.26 bits per heavy atom. The van der Waals surface area contributed by atoms with E-state index in [2.05, 4.69) is 29.9 Å². The summed E-state index contributed by atoms with van der Waals surface area (Å²) in [5.41, 5.74) is 8.19. The van der Waals surface area contributed by atoms with Crippen LogP contribution >= 0.6 is 11.8 Å². The fourth-order valence-corrected chi connectivity index (χ4v) is 2.86. The number of fused-ring (bicyclic) bond motifs is 1. The minimum atomic E-state index is 0.282. The summed E-state index contributed by atoms with van der Waals surface area (Å²) >= 11 is 1.81. The van der Waals surface area contributed by atoms with Crippen molar-refractivity contribution in [1.29, 1.82) is 0 Å². The molecule has 104 valence electrons. The average molecular weight is 277 g/mol. The second kappa shape index (κ2) is 6.44. The molecule has 0 fully saturated rings. The highest BCUT2D eigenvalue weighted by Crippen LogP contribution is 2.24. The molecule has 0 atom stereocenters. The average Bonchev–Trinajstić information content (AvgIpc) is 2.81. The van der Waals surface area contributed by atoms with Gasteiger partial charge in [0.15, 0.2) is 5.16 Å². The smallest absolute Gasteiger partial charge is 0.166 e. The van der Waals surface area contributed by atoms with Gasteiger partial charge in [-0.05, 0) is 36.9 Å². The molecular weight excluding hydrogens is 254 g/mol. The summed E-state index contributed by atoms with van der Waals surface area (Å²) < 4.78 is 0. The van der Waals surface area contributed by atoms with Gasteiger partial charge in [0, 0.05) is 5.75 Å². The zero-order chi connectivity index (χ0) is 13.7. The molecular formula is C15H23N3S. The molecule has 0 radical (unpaired) electrons. The van der Waals surface area contributed by atoms with Gasteiger partial charge in [-0.1, -0.05) is 44.2 Å². The molecule has 3 nitrogen and oxygen atoms in total. The largest absolute Gasteiger partial charge is 0.333 e. The number of nitrogens with zero attached hydrogens (tertiary/aromatic N) is 1. The van der Waals surface area contributed by atoms with E-state index in [0.29, 0.717) is 0 Å². The molecule has 0 unspecified atom stereocenters. The summed E-state index contributed by atoms with van der Waals surface area (Å²) in [6.07, 6.45) is 3.65. The third kappa shape index (κ3) is 4.25. The predicted molar refractivity (Wildman–Crippen MR) is 83.5 cm³/mol. The van der Waals surface area contributed by atoms with Crippen LogP contribution in [0.2, 0.25) is 0 Å². The van der Waals surface area contributed by atoms with Crippen LogP contribution in [0.3, 0.4) is 0 Å². The third-order valence-electron chi connectivity index (χ3n) is 3.41. The molecule has 0 aliphatic heterocycles. The Morgan fingerprint density at radius 3 is 2.79 bits per heavy atom. The lowest BCUT2D eigenvalue weighted by Gasteiger charge is -2.21. The Balaban J connectivity index is 1.74. The van der Waals surface area contributed by atoms with Crippen molar-refractivity contribution in [2.75, 3.05) is 12.3 Å². The zero-order valence-corrected chi connectivity index (χ0v) is 12.6. The Hall–Kier alpha value is -1.00. The number of H-pyrrole nitrogens is 1. The number of hydrogen-bond acceptors (Lipinski definition) is 3. The van der Waals surface area contributed by atoms with Crippen molar-refractivity contribution in [3.63, 3.8) is 0 Å². The maximum Gasteiger partial charge on any atom is 0.166 e. The van der Waals surface area contributed by atoms with Crippen molar-refractivity contribution in [1.82, 2.24) is 9.97 Å². The highest BCUT2D eigenvalue weighted by molar-refractivity contribution is 7.99. The van der Waals surface area contributed by atoms with E-state index in [-0.39, 0.29) is 5.41 Å². The number of imidazole rings is 1. The van der Waals surface area contributed by atoms with Crippen molar-refractivity contribution < 1.29 is 0 Å². The Morgan fingerprint density at radius 2 is 2.05 bits per heavy atom. The van der Waals surface area contributed by atoms with E-state index in [1.165, 1.54) is 19.3 Å². The summed E-state index contributed by atoms with van der Waals surface area (Å²) in [4.78, 5) is 7.91. The van der Waals surface area contributed by atoms with Crippen LogP contribution in [0.5, 0.6) is 0 Å². The first-order valence-electron chi connectivity index (χ1n) is 6.88. The number of nitrogens with two attached hydrogens (primary N) is 1. The summed E-state index contributed by atoms with van der Waals surface area (Å²) in [7, 11) is 0. The first-order valence-corrected chi connectivity index (χ1v) is 7.87. The molecule has 1 aromatic heterocycles. The molecule has 2 aromatic rings. The van der Waals surface area contributed by atoms with Gasteiger partial charge in [0.2, 0.25) is 0 Å². The maximum atomic E-state index is 5.73. The van der Waals surface area contributed by atoms with E-state index in [9.17, 15) is 0 Å². The Bertz CT molecular complexity index is 486. The number of hydrogen-bond donors (Lipinski definition) is 2. The van der Waals surface area contributed by atoms with Gasteiger partial charge < -0.3 is 10.7 Å². The van der Waals surface area contributed by atoms with E-state index in [0.717, 1.165) is 28.5 Å². The minimum absolute atomic E-state index is 0.282. The van der Waals surface area contributed by atoms with Gasteiger partial charge in [-0.2, -0.15) is 0 Å². The van der Waals surface area contributed by atoms with Crippen LogP contribution in [-0.4, -0.2) is 22.3 Å². The van der Waals surface area contributed by atoms with Crippen molar-refractivity contribution in [2.45, 2.75) is 38.3 Å². The molecule has 0 saturated heterocycles. The second-order valence-corrected chi connectivity index (χ2v) is 6.82. The van der Waals surface area contributed by atoms with E-state index < -0.39 is 0 Å². The quantitative estimate of drug-likeness (QED) is 0.597. The highest BCUT2D eigenvalue weighted by Gasteiger charge is 2.14. The van der Waals surface area contributed by atoms with Crippen LogP contribution in [0.1, 0.15) is 33.1 Å². The number of thioether (sulfide) groups is 1. The van der Waals surface area contributed by atoms with Crippen LogP contribution < -0.4 is 5.73 Å². The lowest BCUT2D eigenvalue weighted by atomic mass is 9.88. The number of unbranched alkanes of at least 4 members (excludes halogenated alkanes) is 1. The van der Waals surface area contributed by atoms with Gasteiger partial charge in [0.25, 0.3) is 0 Å². The van der Waals surface area contributed by atoms with Gasteiger partial charge in [0.05, 0.1) is 11.0 Å². The lowest BCUT2D eigenvalue weighted by Crippen LogP contribution is -2.23. The van der Waals surface area contributed by atoms with Gasteiger partial charge in [-0.25, -0.2) is 4.98 Å². The summed E-state index contributed by atoms with van der Waals surface area (Å²) in [5, 5.41) is 1.03. The van der Waals surface area contributed by atoms with E-state index in [1.807, 2.05) is 18.2 Å². The fourth-order valence-electron chi connectivity index (χ4n) is 1.97. The van der Waals surface area contributed by atoms with Gasteiger partial charge in [-0.3, -0.25) is 0 Å². The number of benzene rings is 1. The molecule has 0 aliphatic carbocycles. The summed E-state index contributed by atoms with van der Waals surface area (Å²) in [6.45, 7) is 5.24. The normalized spacial score (nSPS) is 12.2. The number of para-hydroxylation sites is 2. The van der Waals surface area contributed by atoms with Crippen molar-refractivity contribution in [3.8, 4) is 0 Å². The van der Waals surface area contributed by atoms with Crippen LogP contribution in [-0.2, 0) is 0 Å². The van der Waals surface area contributed by atoms with Crippen molar-refractivity contribution in [3.05, 3.63) is 24.3 Å². The number of aromatic amines is 1. The molecule has 1 aromatic carbocycles. The first kappa shape index (κ1) is 14.4. The van der Waals surface area contributed by atoms with Crippen molar-refractivity contribution >= 4 is 22.8 Å². The molecule has 2 rings (SSSR count). The van der Waals surface area contributed by atoms with Crippen LogP contribution in [0, 0.1) is 5.41 Å². The fraction of sp³-hybridized carbons (Fsp3) is 0.533. The standard InChI is InChI=1S/C15H23N3S/c1-15(2,11-16)9-5-6-10-19-14-17-12-7-3-4-8-13(12)18-14/h3-4,7-8H,5-6,9-11,16H2,1-2H3,(H,17,18). The van der Waals surface area contributed by atoms with Gasteiger partial charge in [0.1, 0.15) is 0 Å².